The molecule has 1 atom stereocenters. The van der Waals surface area contributed by atoms with Crippen LogP contribution in [0.4, 0.5) is 0 Å². The average molecular weight is 303 g/mol. The van der Waals surface area contributed by atoms with Gasteiger partial charge in [-0.15, -0.1) is 0 Å². The normalized spacial score (nSPS) is 23.2. The molecule has 0 radical (unpaired) electrons. The van der Waals surface area contributed by atoms with Gasteiger partial charge in [-0.2, -0.15) is 0 Å². The topological polar surface area (TPSA) is 20.3 Å². The van der Waals surface area contributed by atoms with Crippen molar-refractivity contribution in [1.82, 2.24) is 4.90 Å². The van der Waals surface area contributed by atoms with E-state index in [9.17, 15) is 4.79 Å². The van der Waals surface area contributed by atoms with Gasteiger partial charge < -0.3 is 0 Å². The number of ketones is 1. The predicted molar refractivity (Wildman–Crippen MR) is 93.4 cm³/mol. The number of Topliss-reactive ketones (excluding diaryl/α,β-unsaturated/α-hetero) is 1. The smallest absolute Gasteiger partial charge is 0.191 e. The number of carbonyl (C=O) groups excluding carboxylic acids is 1. The van der Waals surface area contributed by atoms with Crippen LogP contribution in [0.25, 0.3) is 6.08 Å². The fourth-order valence-electron chi connectivity index (χ4n) is 3.83. The van der Waals surface area contributed by atoms with Crippen molar-refractivity contribution in [3.8, 4) is 0 Å². The molecule has 1 heterocycles. The first kappa shape index (κ1) is 14.4. The molecule has 23 heavy (non-hydrogen) atoms. The largest absolute Gasteiger partial charge is 0.292 e. The van der Waals surface area contributed by atoms with Gasteiger partial charge in [-0.1, -0.05) is 61.0 Å². The number of piperidine rings is 1. The Labute approximate surface area is 137 Å². The Morgan fingerprint density at radius 2 is 1.57 bits per heavy atom. The SMILES string of the molecule is O=C1/C(=C\c2ccccc2)[C@@H](N2CCCCC2)c2ccccc21. The van der Waals surface area contributed by atoms with Crippen molar-refractivity contribution in [2.24, 2.45) is 0 Å². The molecular weight excluding hydrogens is 282 g/mol. The van der Waals surface area contributed by atoms with E-state index in [1.54, 1.807) is 0 Å². The number of hydrogen-bond acceptors (Lipinski definition) is 2. The number of carbonyl (C=O) groups is 1. The molecule has 4 rings (SSSR count). The van der Waals surface area contributed by atoms with Crippen molar-refractivity contribution < 1.29 is 4.79 Å². The van der Waals surface area contributed by atoms with Crippen molar-refractivity contribution in [2.75, 3.05) is 13.1 Å². The Morgan fingerprint density at radius 1 is 0.870 bits per heavy atom. The van der Waals surface area contributed by atoms with Crippen molar-refractivity contribution >= 4 is 11.9 Å². The summed E-state index contributed by atoms with van der Waals surface area (Å²) in [5.41, 5.74) is 4.09. The molecule has 1 aliphatic carbocycles. The molecule has 2 aromatic carbocycles. The first-order valence-electron chi connectivity index (χ1n) is 8.49. The van der Waals surface area contributed by atoms with Gasteiger partial charge in [0.1, 0.15) is 0 Å². The Balaban J connectivity index is 1.80. The van der Waals surface area contributed by atoms with Crippen LogP contribution in [-0.2, 0) is 0 Å². The molecule has 0 amide bonds. The molecule has 2 aromatic rings. The molecule has 2 heteroatoms. The fourth-order valence-corrected chi connectivity index (χ4v) is 3.83. The standard InChI is InChI=1S/C21H21NO/c23-21-18-12-6-5-11-17(18)20(22-13-7-2-8-14-22)19(21)15-16-9-3-1-4-10-16/h1,3-6,9-12,15,20H,2,7-8,13-14H2/b19-15-/t20-/m0/s1. The number of rotatable bonds is 2. The van der Waals surface area contributed by atoms with E-state index in [4.69, 9.17) is 0 Å². The molecule has 116 valence electrons. The van der Waals surface area contributed by atoms with Crippen molar-refractivity contribution in [3.63, 3.8) is 0 Å². The van der Waals surface area contributed by atoms with Crippen molar-refractivity contribution in [3.05, 3.63) is 76.9 Å². The third-order valence-electron chi connectivity index (χ3n) is 4.93. The van der Waals surface area contributed by atoms with Crippen LogP contribution >= 0.6 is 0 Å². The fraction of sp³-hybridized carbons (Fsp3) is 0.286. The summed E-state index contributed by atoms with van der Waals surface area (Å²) in [5.74, 6) is 0.194. The molecule has 0 N–H and O–H groups in total. The van der Waals surface area contributed by atoms with Crippen molar-refractivity contribution in [1.29, 1.82) is 0 Å². The van der Waals surface area contributed by atoms with Gasteiger partial charge in [-0.25, -0.2) is 0 Å². The van der Waals surface area contributed by atoms with Gasteiger partial charge in [0.05, 0.1) is 6.04 Å². The van der Waals surface area contributed by atoms with Crippen LogP contribution in [0.3, 0.4) is 0 Å². The van der Waals surface area contributed by atoms with E-state index in [1.807, 2.05) is 30.3 Å². The Kier molecular flexibility index (Phi) is 3.84. The second kappa shape index (κ2) is 6.13. The van der Waals surface area contributed by atoms with E-state index in [2.05, 4.69) is 35.2 Å². The van der Waals surface area contributed by atoms with Gasteiger partial charge in [-0.05, 0) is 43.1 Å². The third kappa shape index (κ3) is 2.64. The van der Waals surface area contributed by atoms with Gasteiger partial charge in [0.15, 0.2) is 5.78 Å². The van der Waals surface area contributed by atoms with E-state index < -0.39 is 0 Å². The molecular formula is C21H21NO. The van der Waals surface area contributed by atoms with Gasteiger partial charge in [0, 0.05) is 11.1 Å². The minimum Gasteiger partial charge on any atom is -0.292 e. The van der Waals surface area contributed by atoms with E-state index in [0.29, 0.717) is 0 Å². The lowest BCUT2D eigenvalue weighted by molar-refractivity contribution is 0.102. The molecule has 0 saturated carbocycles. The number of fused-ring (bicyclic) bond motifs is 1. The number of nitrogens with zero attached hydrogens (tertiary/aromatic N) is 1. The summed E-state index contributed by atoms with van der Waals surface area (Å²) >= 11 is 0. The van der Waals surface area contributed by atoms with Crippen LogP contribution in [0, 0.1) is 0 Å². The van der Waals surface area contributed by atoms with Crippen LogP contribution in [0.1, 0.15) is 46.8 Å². The lowest BCUT2D eigenvalue weighted by atomic mass is 9.99. The zero-order chi connectivity index (χ0) is 15.6. The molecule has 0 unspecified atom stereocenters. The highest BCUT2D eigenvalue weighted by Crippen LogP contribution is 2.41. The summed E-state index contributed by atoms with van der Waals surface area (Å²) in [4.78, 5) is 15.4. The van der Waals surface area contributed by atoms with Crippen LogP contribution in [0.2, 0.25) is 0 Å². The Bertz CT molecular complexity index is 741. The second-order valence-corrected chi connectivity index (χ2v) is 6.43. The molecule has 0 bridgehead atoms. The molecule has 1 fully saturated rings. The van der Waals surface area contributed by atoms with E-state index in [-0.39, 0.29) is 11.8 Å². The number of hydrogen-bond donors (Lipinski definition) is 0. The second-order valence-electron chi connectivity index (χ2n) is 6.43. The molecule has 2 aliphatic rings. The van der Waals surface area contributed by atoms with E-state index in [0.717, 1.165) is 29.8 Å². The third-order valence-corrected chi connectivity index (χ3v) is 4.93. The molecule has 1 saturated heterocycles. The van der Waals surface area contributed by atoms with Gasteiger partial charge in [-0.3, -0.25) is 9.69 Å². The van der Waals surface area contributed by atoms with Crippen molar-refractivity contribution in [2.45, 2.75) is 25.3 Å². The average Bonchev–Trinajstić information content (AvgIpc) is 2.89. The number of benzene rings is 2. The summed E-state index contributed by atoms with van der Waals surface area (Å²) in [6.07, 6.45) is 5.84. The lowest BCUT2D eigenvalue weighted by Gasteiger charge is -2.33. The summed E-state index contributed by atoms with van der Waals surface area (Å²) in [5, 5.41) is 0. The Morgan fingerprint density at radius 3 is 2.35 bits per heavy atom. The van der Waals surface area contributed by atoms with E-state index in [1.165, 1.54) is 24.8 Å². The summed E-state index contributed by atoms with van der Waals surface area (Å²) in [6, 6.07) is 18.4. The monoisotopic (exact) mass is 303 g/mol. The molecule has 2 nitrogen and oxygen atoms in total. The maximum atomic E-state index is 13.0. The highest BCUT2D eigenvalue weighted by atomic mass is 16.1. The highest BCUT2D eigenvalue weighted by molar-refractivity contribution is 6.16. The first-order valence-corrected chi connectivity index (χ1v) is 8.49. The van der Waals surface area contributed by atoms with E-state index >= 15 is 0 Å². The van der Waals surface area contributed by atoms with Gasteiger partial charge in [0.25, 0.3) is 0 Å². The molecule has 0 aromatic heterocycles. The minimum atomic E-state index is 0.124. The summed E-state index contributed by atoms with van der Waals surface area (Å²) in [6.45, 7) is 2.16. The van der Waals surface area contributed by atoms with Crippen LogP contribution in [0.15, 0.2) is 60.2 Å². The van der Waals surface area contributed by atoms with Crippen LogP contribution in [0.5, 0.6) is 0 Å². The molecule has 1 aliphatic heterocycles. The maximum absolute atomic E-state index is 13.0. The number of likely N-dealkylation sites (tertiary alicyclic amines) is 1. The van der Waals surface area contributed by atoms with Crippen LogP contribution in [-0.4, -0.2) is 23.8 Å². The quantitative estimate of drug-likeness (QED) is 0.762. The zero-order valence-electron chi connectivity index (χ0n) is 13.2. The lowest BCUT2D eigenvalue weighted by Crippen LogP contribution is -2.33. The zero-order valence-corrected chi connectivity index (χ0v) is 13.2. The maximum Gasteiger partial charge on any atom is 0.191 e. The van der Waals surface area contributed by atoms with Crippen LogP contribution < -0.4 is 0 Å². The van der Waals surface area contributed by atoms with Gasteiger partial charge in [0.2, 0.25) is 0 Å². The Hall–Kier alpha value is -2.19. The predicted octanol–water partition coefficient (Wildman–Crippen LogP) is 4.49. The van der Waals surface area contributed by atoms with Gasteiger partial charge >= 0.3 is 0 Å². The minimum absolute atomic E-state index is 0.124. The molecule has 0 spiro atoms. The summed E-state index contributed by atoms with van der Waals surface area (Å²) < 4.78 is 0. The summed E-state index contributed by atoms with van der Waals surface area (Å²) in [7, 11) is 0. The first-order chi connectivity index (χ1) is 11.3. The highest BCUT2D eigenvalue weighted by Gasteiger charge is 2.38.